The molecule has 2 aromatic rings. The quantitative estimate of drug-likeness (QED) is 0.787. The minimum absolute atomic E-state index is 0.0442. The van der Waals surface area contributed by atoms with Gasteiger partial charge in [-0.1, -0.05) is 0 Å². The van der Waals surface area contributed by atoms with Gasteiger partial charge in [0, 0.05) is 36.8 Å². The number of methoxy groups -OCH3 is 2. The summed E-state index contributed by atoms with van der Waals surface area (Å²) in [6.07, 6.45) is 1.25. The molecule has 1 saturated heterocycles. The SMILES string of the molecule is COc1cc(OC)cc(C(=O)NC2CCN(C(=O)c3ccc(=O)[nH]n3)CC2)c1. The van der Waals surface area contributed by atoms with Gasteiger partial charge in [-0.3, -0.25) is 14.4 Å². The van der Waals surface area contributed by atoms with Crippen LogP contribution in [0.25, 0.3) is 0 Å². The molecule has 2 heterocycles. The Morgan fingerprint density at radius 2 is 1.75 bits per heavy atom. The number of aromatic amines is 1. The van der Waals surface area contributed by atoms with Gasteiger partial charge in [0.1, 0.15) is 17.2 Å². The lowest BCUT2D eigenvalue weighted by Crippen LogP contribution is -2.46. The first-order valence-corrected chi connectivity index (χ1v) is 8.89. The van der Waals surface area contributed by atoms with Crippen LogP contribution in [0.2, 0.25) is 0 Å². The lowest BCUT2D eigenvalue weighted by Gasteiger charge is -2.32. The molecule has 0 saturated carbocycles. The van der Waals surface area contributed by atoms with Gasteiger partial charge in [-0.05, 0) is 31.0 Å². The number of carbonyl (C=O) groups excluding carboxylic acids is 2. The summed E-state index contributed by atoms with van der Waals surface area (Å²) in [6, 6.07) is 7.64. The molecule has 2 N–H and O–H groups in total. The highest BCUT2D eigenvalue weighted by molar-refractivity contribution is 5.95. The number of piperidine rings is 1. The van der Waals surface area contributed by atoms with Crippen LogP contribution in [-0.2, 0) is 0 Å². The van der Waals surface area contributed by atoms with E-state index in [-0.39, 0.29) is 29.1 Å². The van der Waals surface area contributed by atoms with Crippen molar-refractivity contribution in [2.24, 2.45) is 0 Å². The second kappa shape index (κ2) is 8.55. The molecule has 148 valence electrons. The number of rotatable bonds is 5. The Kier molecular flexibility index (Phi) is 5.93. The number of nitrogens with one attached hydrogen (secondary N) is 2. The fraction of sp³-hybridized carbons (Fsp3) is 0.368. The van der Waals surface area contributed by atoms with E-state index in [4.69, 9.17) is 9.47 Å². The minimum atomic E-state index is -0.354. The van der Waals surface area contributed by atoms with Crippen LogP contribution in [0.5, 0.6) is 11.5 Å². The number of nitrogens with zero attached hydrogens (tertiary/aromatic N) is 2. The van der Waals surface area contributed by atoms with E-state index in [2.05, 4.69) is 15.5 Å². The molecule has 0 atom stereocenters. The number of likely N-dealkylation sites (tertiary alicyclic amines) is 1. The zero-order valence-corrected chi connectivity index (χ0v) is 15.7. The maximum Gasteiger partial charge on any atom is 0.274 e. The van der Waals surface area contributed by atoms with E-state index in [9.17, 15) is 14.4 Å². The van der Waals surface area contributed by atoms with E-state index >= 15 is 0 Å². The van der Waals surface area contributed by atoms with Crippen molar-refractivity contribution in [1.29, 1.82) is 0 Å². The first kappa shape index (κ1) is 19.4. The van der Waals surface area contributed by atoms with Crippen LogP contribution in [0, 0.1) is 0 Å². The highest BCUT2D eigenvalue weighted by Crippen LogP contribution is 2.23. The molecule has 0 unspecified atom stereocenters. The zero-order chi connectivity index (χ0) is 20.1. The first-order valence-electron chi connectivity index (χ1n) is 8.89. The Labute approximate surface area is 161 Å². The highest BCUT2D eigenvalue weighted by Gasteiger charge is 2.26. The van der Waals surface area contributed by atoms with Gasteiger partial charge in [0.25, 0.3) is 17.4 Å². The van der Waals surface area contributed by atoms with Crippen molar-refractivity contribution in [2.75, 3.05) is 27.3 Å². The summed E-state index contributed by atoms with van der Waals surface area (Å²) in [5, 5.41) is 9.03. The van der Waals surface area contributed by atoms with Gasteiger partial charge in [-0.2, -0.15) is 5.10 Å². The van der Waals surface area contributed by atoms with Gasteiger partial charge in [-0.15, -0.1) is 0 Å². The Morgan fingerprint density at radius 3 is 2.29 bits per heavy atom. The molecule has 1 fully saturated rings. The number of amides is 2. The molecule has 0 spiro atoms. The molecule has 9 nitrogen and oxygen atoms in total. The number of H-pyrrole nitrogens is 1. The summed E-state index contributed by atoms with van der Waals surface area (Å²) in [7, 11) is 3.06. The Bertz CT molecular complexity index is 876. The monoisotopic (exact) mass is 386 g/mol. The van der Waals surface area contributed by atoms with Crippen LogP contribution < -0.4 is 20.3 Å². The van der Waals surface area contributed by atoms with Crippen molar-refractivity contribution in [3.8, 4) is 11.5 Å². The van der Waals surface area contributed by atoms with Crippen LogP contribution in [0.4, 0.5) is 0 Å². The Morgan fingerprint density at radius 1 is 1.11 bits per heavy atom. The first-order chi connectivity index (χ1) is 13.5. The summed E-state index contributed by atoms with van der Waals surface area (Å²) >= 11 is 0. The van der Waals surface area contributed by atoms with Gasteiger partial charge in [0.05, 0.1) is 14.2 Å². The molecule has 0 radical (unpaired) electrons. The average molecular weight is 386 g/mol. The lowest BCUT2D eigenvalue weighted by molar-refractivity contribution is 0.0691. The summed E-state index contributed by atoms with van der Waals surface area (Å²) in [5.41, 5.74) is 0.296. The van der Waals surface area contributed by atoms with E-state index < -0.39 is 0 Å². The van der Waals surface area contributed by atoms with Gasteiger partial charge >= 0.3 is 0 Å². The van der Waals surface area contributed by atoms with Gasteiger partial charge in [0.2, 0.25) is 0 Å². The number of hydrogen-bond donors (Lipinski definition) is 2. The number of ether oxygens (including phenoxy) is 2. The molecule has 2 amide bonds. The predicted molar refractivity (Wildman–Crippen MR) is 101 cm³/mol. The second-order valence-electron chi connectivity index (χ2n) is 6.45. The summed E-state index contributed by atoms with van der Waals surface area (Å²) in [4.78, 5) is 37.7. The van der Waals surface area contributed by atoms with Crippen molar-refractivity contribution in [3.63, 3.8) is 0 Å². The highest BCUT2D eigenvalue weighted by atomic mass is 16.5. The fourth-order valence-electron chi connectivity index (χ4n) is 3.06. The van der Waals surface area contributed by atoms with Crippen LogP contribution in [-0.4, -0.2) is 60.3 Å². The van der Waals surface area contributed by atoms with Crippen molar-refractivity contribution < 1.29 is 19.1 Å². The van der Waals surface area contributed by atoms with Crippen molar-refractivity contribution >= 4 is 11.8 Å². The van der Waals surface area contributed by atoms with Crippen LogP contribution in [0.15, 0.2) is 35.1 Å². The molecule has 0 aliphatic carbocycles. The molecule has 1 aliphatic rings. The van der Waals surface area contributed by atoms with E-state index in [0.717, 1.165) is 0 Å². The normalized spacial score (nSPS) is 14.4. The minimum Gasteiger partial charge on any atom is -0.497 e. The van der Waals surface area contributed by atoms with Crippen molar-refractivity contribution in [1.82, 2.24) is 20.4 Å². The standard InChI is InChI=1S/C19H22N4O5/c1-27-14-9-12(10-15(11-14)28-2)18(25)20-13-5-7-23(8-6-13)19(26)16-3-4-17(24)22-21-16/h3-4,9-11,13H,5-8H2,1-2H3,(H,20,25)(H,22,24). The molecule has 1 aliphatic heterocycles. The number of aromatic nitrogens is 2. The van der Waals surface area contributed by atoms with Gasteiger partial charge in [0.15, 0.2) is 0 Å². The summed E-state index contributed by atoms with van der Waals surface area (Å²) in [5.74, 6) is 0.625. The average Bonchev–Trinajstić information content (AvgIpc) is 2.73. The third-order valence-electron chi connectivity index (χ3n) is 4.63. The molecule has 28 heavy (non-hydrogen) atoms. The summed E-state index contributed by atoms with van der Waals surface area (Å²) < 4.78 is 10.4. The Balaban J connectivity index is 1.58. The lowest BCUT2D eigenvalue weighted by atomic mass is 10.0. The van der Waals surface area contributed by atoms with Crippen molar-refractivity contribution in [2.45, 2.75) is 18.9 Å². The maximum absolute atomic E-state index is 12.6. The molecule has 0 bridgehead atoms. The topological polar surface area (TPSA) is 114 Å². The molecule has 9 heteroatoms. The van der Waals surface area contributed by atoms with E-state index in [1.807, 2.05) is 0 Å². The molecular formula is C19H22N4O5. The van der Waals surface area contributed by atoms with Crippen LogP contribution in [0.3, 0.4) is 0 Å². The fourth-order valence-corrected chi connectivity index (χ4v) is 3.06. The van der Waals surface area contributed by atoms with Crippen molar-refractivity contribution in [3.05, 3.63) is 51.9 Å². The third kappa shape index (κ3) is 4.48. The molecule has 1 aromatic carbocycles. The van der Waals surface area contributed by atoms with E-state index in [1.54, 1.807) is 23.1 Å². The maximum atomic E-state index is 12.6. The molecule has 1 aromatic heterocycles. The number of carbonyl (C=O) groups is 2. The number of hydrogen-bond acceptors (Lipinski definition) is 6. The van der Waals surface area contributed by atoms with Gasteiger partial charge < -0.3 is 19.7 Å². The number of benzene rings is 1. The smallest absolute Gasteiger partial charge is 0.274 e. The van der Waals surface area contributed by atoms with E-state index in [1.165, 1.54) is 26.4 Å². The second-order valence-corrected chi connectivity index (χ2v) is 6.45. The van der Waals surface area contributed by atoms with Gasteiger partial charge in [-0.25, -0.2) is 5.10 Å². The third-order valence-corrected chi connectivity index (χ3v) is 4.63. The predicted octanol–water partition coefficient (Wildman–Crippen LogP) is 0.822. The van der Waals surface area contributed by atoms with Crippen LogP contribution >= 0.6 is 0 Å². The Hall–Kier alpha value is -3.36. The largest absolute Gasteiger partial charge is 0.497 e. The zero-order valence-electron chi connectivity index (χ0n) is 15.7. The van der Waals surface area contributed by atoms with E-state index in [0.29, 0.717) is 43.0 Å². The van der Waals surface area contributed by atoms with Crippen LogP contribution in [0.1, 0.15) is 33.7 Å². The molecule has 3 rings (SSSR count). The summed E-state index contributed by atoms with van der Waals surface area (Å²) in [6.45, 7) is 0.984. The molecular weight excluding hydrogens is 364 g/mol.